The monoisotopic (exact) mass is 463 g/mol. The number of methoxy groups -OCH3 is 1. The number of benzene rings is 3. The Balaban J connectivity index is 1.20. The van der Waals surface area contributed by atoms with E-state index in [0.29, 0.717) is 29.6 Å². The molecule has 3 aromatic carbocycles. The van der Waals surface area contributed by atoms with Crippen molar-refractivity contribution in [3.8, 4) is 34.1 Å². The molecule has 3 heterocycles. The van der Waals surface area contributed by atoms with Gasteiger partial charge in [-0.15, -0.1) is 5.10 Å². The second kappa shape index (κ2) is 8.57. The minimum atomic E-state index is 0.352. The fourth-order valence-corrected chi connectivity index (χ4v) is 3.99. The van der Waals surface area contributed by atoms with Gasteiger partial charge in [0.05, 0.1) is 38.9 Å². The number of ether oxygens (including phenoxy) is 1. The lowest BCUT2D eigenvalue weighted by molar-refractivity contribution is 0.413. The Bertz CT molecular complexity index is 1680. The first-order valence-corrected chi connectivity index (χ1v) is 11.1. The highest BCUT2D eigenvalue weighted by Crippen LogP contribution is 2.29. The Morgan fingerprint density at radius 2 is 1.89 bits per heavy atom. The Morgan fingerprint density at radius 1 is 1.03 bits per heavy atom. The lowest BCUT2D eigenvalue weighted by atomic mass is 10.1. The molecule has 0 fully saturated rings. The third kappa shape index (κ3) is 4.06. The van der Waals surface area contributed by atoms with Crippen LogP contribution in [0.4, 0.5) is 0 Å². The topological polar surface area (TPSA) is 83.8 Å². The van der Waals surface area contributed by atoms with Crippen molar-refractivity contribution in [3.05, 3.63) is 96.7 Å². The summed E-state index contributed by atoms with van der Waals surface area (Å²) in [4.78, 5) is 8.77. The molecule has 8 nitrogen and oxygen atoms in total. The molecular weight excluding hydrogens is 440 g/mol. The summed E-state index contributed by atoms with van der Waals surface area (Å²) in [6, 6.07) is 19.6. The van der Waals surface area contributed by atoms with Gasteiger partial charge in [-0.2, -0.15) is 0 Å². The van der Waals surface area contributed by atoms with Gasteiger partial charge in [-0.25, -0.2) is 14.6 Å². The van der Waals surface area contributed by atoms with Crippen LogP contribution in [0.1, 0.15) is 12.6 Å². The van der Waals surface area contributed by atoms with Gasteiger partial charge in [0, 0.05) is 17.3 Å². The number of hydrogen-bond acceptors (Lipinski definition) is 6. The molecule has 0 aliphatic heterocycles. The van der Waals surface area contributed by atoms with Crippen LogP contribution in [0.2, 0.25) is 0 Å². The molecule has 0 saturated heterocycles. The number of aromatic nitrogens is 6. The van der Waals surface area contributed by atoms with Crippen molar-refractivity contribution >= 4 is 11.1 Å². The average molecular weight is 464 g/mol. The molecule has 6 rings (SSSR count). The second-order valence-electron chi connectivity index (χ2n) is 8.21. The van der Waals surface area contributed by atoms with Crippen LogP contribution in [-0.4, -0.2) is 36.6 Å². The van der Waals surface area contributed by atoms with E-state index in [1.807, 2.05) is 72.4 Å². The Kier molecular flexibility index (Phi) is 4.83. The number of rotatable bonds is 6. The molecule has 35 heavy (non-hydrogen) atoms. The molecule has 3 aromatic heterocycles. The van der Waals surface area contributed by atoms with Crippen LogP contribution in [0.5, 0.6) is 5.75 Å². The first-order valence-electron chi connectivity index (χ1n) is 11.6. The molecule has 0 aliphatic rings. The summed E-state index contributed by atoms with van der Waals surface area (Å²) in [6.07, 6.45) is 5.64. The molecule has 0 atom stereocenters. The molecule has 172 valence electrons. The van der Waals surface area contributed by atoms with E-state index in [4.69, 9.17) is 10.5 Å². The third-order valence-corrected chi connectivity index (χ3v) is 5.77. The summed E-state index contributed by atoms with van der Waals surface area (Å²) in [5.41, 5.74) is 6.62. The zero-order valence-corrected chi connectivity index (χ0v) is 19.2. The van der Waals surface area contributed by atoms with Crippen molar-refractivity contribution in [3.63, 3.8) is 0 Å². The minimum Gasteiger partial charge on any atom is -0.495 e. The van der Waals surface area contributed by atoms with Crippen molar-refractivity contribution in [1.82, 2.24) is 29.5 Å². The largest absolute Gasteiger partial charge is 0.495 e. The van der Waals surface area contributed by atoms with Crippen LogP contribution in [0.15, 0.2) is 89.8 Å². The lowest BCUT2D eigenvalue weighted by Gasteiger charge is -2.10. The number of nitrogens with zero attached hydrogens (tertiary/aromatic N) is 6. The molecule has 0 saturated carbocycles. The maximum absolute atomic E-state index is 7.99. The summed E-state index contributed by atoms with van der Waals surface area (Å²) in [5.74, 6) is 1.23. The van der Waals surface area contributed by atoms with Gasteiger partial charge in [-0.1, -0.05) is 35.5 Å². The fraction of sp³-hybridized carbons (Fsp3) is 0.111. The van der Waals surface area contributed by atoms with E-state index in [2.05, 4.69) is 20.3 Å². The molecule has 8 heteroatoms. The van der Waals surface area contributed by atoms with E-state index in [9.17, 15) is 0 Å². The van der Waals surface area contributed by atoms with Crippen LogP contribution in [0.25, 0.3) is 39.5 Å². The molecular formula is C27H22N6O2. The summed E-state index contributed by atoms with van der Waals surface area (Å²) in [6.45, 7) is 2.52. The summed E-state index contributed by atoms with van der Waals surface area (Å²) >= 11 is 0. The van der Waals surface area contributed by atoms with E-state index < -0.39 is 0 Å². The Labute approximate surface area is 202 Å². The van der Waals surface area contributed by atoms with Crippen LogP contribution >= 0.6 is 0 Å². The maximum atomic E-state index is 7.99. The number of hydrogen-bond donors (Lipinski definition) is 0. The molecule has 0 radical (unpaired) electrons. The van der Waals surface area contributed by atoms with E-state index in [1.165, 1.54) is 0 Å². The Morgan fingerprint density at radius 3 is 2.66 bits per heavy atom. The number of aryl methyl sites for hydroxylation is 1. The number of fused-ring (bicyclic) bond motifs is 1. The molecule has 6 aromatic rings. The minimum absolute atomic E-state index is 0.352. The molecule has 0 spiro atoms. The first-order chi connectivity index (χ1) is 17.6. The van der Waals surface area contributed by atoms with Crippen LogP contribution in [0.3, 0.4) is 0 Å². The van der Waals surface area contributed by atoms with E-state index in [1.54, 1.807) is 30.3 Å². The number of imidazole rings is 1. The van der Waals surface area contributed by atoms with Crippen LogP contribution in [-0.2, 0) is 6.54 Å². The summed E-state index contributed by atoms with van der Waals surface area (Å²) < 4.78 is 23.2. The predicted octanol–water partition coefficient (Wildman–Crippen LogP) is 5.30. The van der Waals surface area contributed by atoms with E-state index in [-0.39, 0.29) is 0 Å². The smallest absolute Gasteiger partial charge is 0.227 e. The SMILES string of the molecule is [2H]c1cccc2oc(-c3ccc(Cn4cc(-c5ccc(-n6cnc(C)c6)c(OC)c5)nn4)cc3)nc12. The summed E-state index contributed by atoms with van der Waals surface area (Å²) in [7, 11) is 1.65. The zero-order valence-electron chi connectivity index (χ0n) is 20.2. The van der Waals surface area contributed by atoms with Gasteiger partial charge in [-0.05, 0) is 48.9 Å². The van der Waals surface area contributed by atoms with E-state index >= 15 is 0 Å². The molecule has 0 N–H and O–H groups in total. The normalized spacial score (nSPS) is 11.7. The fourth-order valence-electron chi connectivity index (χ4n) is 3.99. The molecule has 0 bridgehead atoms. The Hall–Kier alpha value is -4.72. The zero-order chi connectivity index (χ0) is 24.6. The van der Waals surface area contributed by atoms with Crippen molar-refractivity contribution in [2.45, 2.75) is 13.5 Å². The number of para-hydroxylation sites is 2. The maximum Gasteiger partial charge on any atom is 0.227 e. The highest BCUT2D eigenvalue weighted by Gasteiger charge is 2.12. The van der Waals surface area contributed by atoms with Gasteiger partial charge in [0.2, 0.25) is 5.89 Å². The quantitative estimate of drug-likeness (QED) is 0.333. The van der Waals surface area contributed by atoms with Gasteiger partial charge in [0.1, 0.15) is 17.0 Å². The summed E-state index contributed by atoms with van der Waals surface area (Å²) in [5, 5.41) is 8.66. The van der Waals surface area contributed by atoms with Crippen LogP contribution in [0, 0.1) is 6.92 Å². The van der Waals surface area contributed by atoms with Gasteiger partial charge < -0.3 is 13.7 Å². The molecule has 0 amide bonds. The lowest BCUT2D eigenvalue weighted by Crippen LogP contribution is -2.00. The van der Waals surface area contributed by atoms with Gasteiger partial charge in [-0.3, -0.25) is 0 Å². The molecule has 0 unspecified atom stereocenters. The predicted molar refractivity (Wildman–Crippen MR) is 132 cm³/mol. The van der Waals surface area contributed by atoms with Gasteiger partial charge in [0.25, 0.3) is 0 Å². The standard InChI is InChI=1S/C27H22N6O2/c1-18-14-32(17-28-18)24-12-11-21(13-26(24)34-2)23-16-33(31-30-23)15-19-7-9-20(10-8-19)27-29-22-5-3-4-6-25(22)35-27/h3-14,16-17H,15H2,1-2H3/i5D. The van der Waals surface area contributed by atoms with E-state index in [0.717, 1.165) is 39.5 Å². The number of oxazole rings is 1. The molecule has 0 aliphatic carbocycles. The van der Waals surface area contributed by atoms with Crippen molar-refractivity contribution in [2.24, 2.45) is 0 Å². The third-order valence-electron chi connectivity index (χ3n) is 5.77. The van der Waals surface area contributed by atoms with Gasteiger partial charge >= 0.3 is 0 Å². The van der Waals surface area contributed by atoms with Crippen LogP contribution < -0.4 is 4.74 Å². The van der Waals surface area contributed by atoms with Crippen molar-refractivity contribution in [1.29, 1.82) is 0 Å². The van der Waals surface area contributed by atoms with Gasteiger partial charge in [0.15, 0.2) is 5.58 Å². The highest BCUT2D eigenvalue weighted by atomic mass is 16.5. The van der Waals surface area contributed by atoms with Crippen molar-refractivity contribution < 1.29 is 10.5 Å². The second-order valence-corrected chi connectivity index (χ2v) is 8.21. The highest BCUT2D eigenvalue weighted by molar-refractivity contribution is 5.76. The average Bonchev–Trinajstić information content (AvgIpc) is 3.64. The first kappa shape index (κ1) is 19.7. The van der Waals surface area contributed by atoms with Crippen molar-refractivity contribution in [2.75, 3.05) is 7.11 Å².